The van der Waals surface area contributed by atoms with Gasteiger partial charge >= 0.3 is 12.0 Å². The highest BCUT2D eigenvalue weighted by atomic mass is 16.5. The van der Waals surface area contributed by atoms with E-state index in [1.807, 2.05) is 0 Å². The fourth-order valence-corrected chi connectivity index (χ4v) is 1.88. The summed E-state index contributed by atoms with van der Waals surface area (Å²) in [7, 11) is 0. The Morgan fingerprint density at radius 2 is 1.86 bits per heavy atom. The molecule has 0 aromatic heterocycles. The number of esters is 1. The molecule has 0 saturated heterocycles. The van der Waals surface area contributed by atoms with Crippen LogP contribution in [0.25, 0.3) is 0 Å². The van der Waals surface area contributed by atoms with Crippen LogP contribution < -0.4 is 16.4 Å². The third kappa shape index (κ3) is 3.99. The first kappa shape index (κ1) is 15.4. The van der Waals surface area contributed by atoms with Crippen LogP contribution in [0.5, 0.6) is 0 Å². The lowest BCUT2D eigenvalue weighted by atomic mass is 10.2. The Labute approximate surface area is 128 Å². The molecule has 6 heteroatoms. The number of para-hydroxylation sites is 1. The van der Waals surface area contributed by atoms with Gasteiger partial charge in [0.2, 0.25) is 0 Å². The molecule has 0 bridgehead atoms. The molecule has 2 amide bonds. The Morgan fingerprint density at radius 3 is 2.59 bits per heavy atom. The number of carbonyl (C=O) groups is 2. The van der Waals surface area contributed by atoms with Gasteiger partial charge in [0, 0.05) is 11.4 Å². The molecule has 0 fully saturated rings. The Balaban J connectivity index is 2.10. The minimum atomic E-state index is -0.484. The van der Waals surface area contributed by atoms with Gasteiger partial charge in [0.1, 0.15) is 0 Å². The van der Waals surface area contributed by atoms with Crippen LogP contribution in [0.2, 0.25) is 0 Å². The number of nitrogens with one attached hydrogen (secondary N) is 2. The second-order valence-corrected chi connectivity index (χ2v) is 4.47. The Kier molecular flexibility index (Phi) is 4.98. The first-order chi connectivity index (χ1) is 10.6. The molecule has 0 radical (unpaired) electrons. The number of hydrogen-bond acceptors (Lipinski definition) is 4. The van der Waals surface area contributed by atoms with Gasteiger partial charge in [-0.25, -0.2) is 9.59 Å². The maximum Gasteiger partial charge on any atom is 0.340 e. The molecule has 0 aliphatic rings. The molecule has 0 aliphatic heterocycles. The number of rotatable bonds is 4. The molecule has 22 heavy (non-hydrogen) atoms. The van der Waals surface area contributed by atoms with Gasteiger partial charge in [-0.05, 0) is 37.3 Å². The summed E-state index contributed by atoms with van der Waals surface area (Å²) in [4.78, 5) is 23.9. The summed E-state index contributed by atoms with van der Waals surface area (Å²) in [6.45, 7) is 1.99. The van der Waals surface area contributed by atoms with Gasteiger partial charge in [-0.3, -0.25) is 0 Å². The van der Waals surface area contributed by atoms with Gasteiger partial charge in [-0.2, -0.15) is 0 Å². The minimum Gasteiger partial charge on any atom is -0.462 e. The topological polar surface area (TPSA) is 93.4 Å². The van der Waals surface area contributed by atoms with Gasteiger partial charge < -0.3 is 21.1 Å². The summed E-state index contributed by atoms with van der Waals surface area (Å²) in [6.07, 6.45) is 0. The molecule has 0 saturated carbocycles. The highest BCUT2D eigenvalue weighted by Gasteiger charge is 2.13. The van der Waals surface area contributed by atoms with Crippen LogP contribution in [0.3, 0.4) is 0 Å². The predicted molar refractivity (Wildman–Crippen MR) is 85.9 cm³/mol. The van der Waals surface area contributed by atoms with E-state index in [9.17, 15) is 9.59 Å². The first-order valence-corrected chi connectivity index (χ1v) is 6.80. The zero-order valence-corrected chi connectivity index (χ0v) is 12.1. The van der Waals surface area contributed by atoms with E-state index in [2.05, 4.69) is 10.6 Å². The van der Waals surface area contributed by atoms with Crippen molar-refractivity contribution in [2.75, 3.05) is 23.0 Å². The highest BCUT2D eigenvalue weighted by Crippen LogP contribution is 2.17. The molecule has 0 heterocycles. The standard InChI is InChI=1S/C16H17N3O3/c1-2-22-15(20)13-8-3-4-9-14(13)19-16(21)18-12-7-5-6-11(17)10-12/h3-10H,2,17H2,1H3,(H2,18,19,21). The molecule has 0 atom stereocenters. The van der Waals surface area contributed by atoms with Crippen LogP contribution in [0, 0.1) is 0 Å². The summed E-state index contributed by atoms with van der Waals surface area (Å²) in [5, 5.41) is 5.27. The van der Waals surface area contributed by atoms with Crippen LogP contribution >= 0.6 is 0 Å². The van der Waals surface area contributed by atoms with Crippen LogP contribution in [0.15, 0.2) is 48.5 Å². The molecule has 0 aliphatic carbocycles. The molecular formula is C16H17N3O3. The lowest BCUT2D eigenvalue weighted by molar-refractivity contribution is 0.0527. The largest absolute Gasteiger partial charge is 0.462 e. The summed E-state index contributed by atoms with van der Waals surface area (Å²) < 4.78 is 4.96. The maximum absolute atomic E-state index is 12.0. The Morgan fingerprint density at radius 1 is 1.09 bits per heavy atom. The van der Waals surface area contributed by atoms with E-state index in [-0.39, 0.29) is 6.61 Å². The fourth-order valence-electron chi connectivity index (χ4n) is 1.88. The van der Waals surface area contributed by atoms with Crippen molar-refractivity contribution in [3.63, 3.8) is 0 Å². The SMILES string of the molecule is CCOC(=O)c1ccccc1NC(=O)Nc1cccc(N)c1. The number of amides is 2. The molecule has 4 N–H and O–H groups in total. The summed E-state index contributed by atoms with van der Waals surface area (Å²) >= 11 is 0. The van der Waals surface area contributed by atoms with Gasteiger partial charge in [0.15, 0.2) is 0 Å². The molecule has 0 spiro atoms. The number of carbonyl (C=O) groups excluding carboxylic acids is 2. The number of ether oxygens (including phenoxy) is 1. The van der Waals surface area contributed by atoms with E-state index in [0.717, 1.165) is 0 Å². The van der Waals surface area contributed by atoms with Gasteiger partial charge in [-0.1, -0.05) is 18.2 Å². The third-order valence-corrected chi connectivity index (χ3v) is 2.82. The van der Waals surface area contributed by atoms with Crippen LogP contribution in [0.1, 0.15) is 17.3 Å². The first-order valence-electron chi connectivity index (χ1n) is 6.80. The van der Waals surface area contributed by atoms with Crippen LogP contribution in [-0.2, 0) is 4.74 Å². The average Bonchev–Trinajstić information content (AvgIpc) is 2.48. The number of anilines is 3. The smallest absolute Gasteiger partial charge is 0.340 e. The molecule has 2 rings (SSSR count). The number of urea groups is 1. The molecular weight excluding hydrogens is 282 g/mol. The van der Waals surface area contributed by atoms with Crippen molar-refractivity contribution >= 4 is 29.1 Å². The second-order valence-electron chi connectivity index (χ2n) is 4.47. The molecule has 114 valence electrons. The van der Waals surface area contributed by atoms with E-state index >= 15 is 0 Å². The highest BCUT2D eigenvalue weighted by molar-refractivity contribution is 6.05. The third-order valence-electron chi connectivity index (χ3n) is 2.82. The van der Waals surface area contributed by atoms with E-state index in [4.69, 9.17) is 10.5 Å². The summed E-state index contributed by atoms with van der Waals surface area (Å²) in [5.74, 6) is -0.484. The Hall–Kier alpha value is -3.02. The predicted octanol–water partition coefficient (Wildman–Crippen LogP) is 3.09. The van der Waals surface area contributed by atoms with Gasteiger partial charge in [-0.15, -0.1) is 0 Å². The fraction of sp³-hybridized carbons (Fsp3) is 0.125. The summed E-state index contributed by atoms with van der Waals surface area (Å²) in [5.41, 5.74) is 7.43. The van der Waals surface area contributed by atoms with Gasteiger partial charge in [0.05, 0.1) is 17.9 Å². The van der Waals surface area contributed by atoms with Crippen LogP contribution in [-0.4, -0.2) is 18.6 Å². The molecule has 0 unspecified atom stereocenters. The minimum absolute atomic E-state index is 0.267. The summed E-state index contributed by atoms with van der Waals surface area (Å²) in [6, 6.07) is 13.0. The number of nitrogens with two attached hydrogens (primary N) is 1. The molecule has 2 aromatic carbocycles. The zero-order valence-electron chi connectivity index (χ0n) is 12.1. The van der Waals surface area contributed by atoms with Crippen molar-refractivity contribution in [1.82, 2.24) is 0 Å². The zero-order chi connectivity index (χ0) is 15.9. The number of nitrogen functional groups attached to an aromatic ring is 1. The average molecular weight is 299 g/mol. The van der Waals surface area contributed by atoms with E-state index in [1.54, 1.807) is 55.5 Å². The number of hydrogen-bond donors (Lipinski definition) is 3. The van der Waals surface area contributed by atoms with E-state index in [1.165, 1.54) is 0 Å². The van der Waals surface area contributed by atoms with Crippen molar-refractivity contribution in [2.24, 2.45) is 0 Å². The van der Waals surface area contributed by atoms with Gasteiger partial charge in [0.25, 0.3) is 0 Å². The lowest BCUT2D eigenvalue weighted by Crippen LogP contribution is -2.21. The monoisotopic (exact) mass is 299 g/mol. The Bertz CT molecular complexity index is 686. The maximum atomic E-state index is 12.0. The lowest BCUT2D eigenvalue weighted by Gasteiger charge is -2.11. The second kappa shape index (κ2) is 7.12. The van der Waals surface area contributed by atoms with Crippen molar-refractivity contribution in [3.8, 4) is 0 Å². The van der Waals surface area contributed by atoms with E-state index in [0.29, 0.717) is 22.6 Å². The number of benzene rings is 2. The van der Waals surface area contributed by atoms with Crippen molar-refractivity contribution in [2.45, 2.75) is 6.92 Å². The van der Waals surface area contributed by atoms with Crippen molar-refractivity contribution < 1.29 is 14.3 Å². The normalized spacial score (nSPS) is 9.86. The van der Waals surface area contributed by atoms with Crippen molar-refractivity contribution in [3.05, 3.63) is 54.1 Å². The molecule has 2 aromatic rings. The van der Waals surface area contributed by atoms with Crippen molar-refractivity contribution in [1.29, 1.82) is 0 Å². The van der Waals surface area contributed by atoms with E-state index < -0.39 is 12.0 Å². The molecule has 6 nitrogen and oxygen atoms in total. The quantitative estimate of drug-likeness (QED) is 0.597. The van der Waals surface area contributed by atoms with Crippen LogP contribution in [0.4, 0.5) is 21.9 Å².